The molecule has 5 aromatic heterocycles. The van der Waals surface area contributed by atoms with E-state index in [0.717, 1.165) is 137 Å². The molecule has 0 aliphatic heterocycles. The van der Waals surface area contributed by atoms with E-state index in [1.54, 1.807) is 16.8 Å². The van der Waals surface area contributed by atoms with Crippen LogP contribution in [-0.4, -0.2) is 143 Å². The van der Waals surface area contributed by atoms with Crippen molar-refractivity contribution in [3.8, 4) is 84.8 Å². The molecule has 0 aliphatic rings. The lowest BCUT2D eigenvalue weighted by atomic mass is 10.0. The number of likely N-dealkylation sites (N-methyl/N-ethyl adjacent to an activating group) is 1. The normalized spacial score (nSPS) is 12.0. The summed E-state index contributed by atoms with van der Waals surface area (Å²) in [5.41, 5.74) is 18.6. The molecule has 474 valence electrons. The van der Waals surface area contributed by atoms with Gasteiger partial charge in [-0.25, -0.2) is 19.9 Å². The van der Waals surface area contributed by atoms with Crippen molar-refractivity contribution in [2.24, 2.45) is 0 Å². The SMILES string of the molecule is CN(C)CCCOc1ccc(-c2nc3cc(-c4ccc5[nH]c(-c6ccc(C(=O)NCCCn7cc(-c8cccc(NC(=O)c9ccc(-c%10nc%11cc(-c%12ccc%13[nH]c(-c%14ccc(C(O)NCCN(C)C)cc%14)nc%13c%12)ccc%11[nH]%10)cc9)c8)nn7)cc6)nc5c4)ccc3[nH]2)cc1. The summed E-state index contributed by atoms with van der Waals surface area (Å²) in [4.78, 5) is 64.5. The molecule has 1 atom stereocenters. The van der Waals surface area contributed by atoms with E-state index in [4.69, 9.17) is 24.7 Å². The van der Waals surface area contributed by atoms with E-state index in [2.05, 4.69) is 125 Å². The zero-order chi connectivity index (χ0) is 64.9. The van der Waals surface area contributed by atoms with E-state index < -0.39 is 6.23 Å². The van der Waals surface area contributed by atoms with Gasteiger partial charge < -0.3 is 50.2 Å². The highest BCUT2D eigenvalue weighted by Gasteiger charge is 2.17. The number of nitrogens with zero attached hydrogens (tertiary/aromatic N) is 9. The highest BCUT2D eigenvalue weighted by molar-refractivity contribution is 6.05. The number of nitrogens with one attached hydrogen (secondary N) is 7. The third kappa shape index (κ3) is 14.0. The second-order valence-electron chi connectivity index (χ2n) is 24.2. The molecule has 8 N–H and O–H groups in total. The number of aliphatic hydroxyl groups is 1. The molecule has 0 fully saturated rings. The number of aromatic amines is 4. The van der Waals surface area contributed by atoms with Crippen molar-refractivity contribution in [3.05, 3.63) is 217 Å². The smallest absolute Gasteiger partial charge is 0.255 e. The minimum atomic E-state index is -0.745. The predicted octanol–water partition coefficient (Wildman–Crippen LogP) is 13.0. The number of rotatable bonds is 24. The maximum absolute atomic E-state index is 13.6. The van der Waals surface area contributed by atoms with Crippen LogP contribution in [0.4, 0.5) is 5.69 Å². The first kappa shape index (κ1) is 61.1. The average molecular weight is 1260 g/mol. The number of imidazole rings is 4. The van der Waals surface area contributed by atoms with E-state index >= 15 is 0 Å². The van der Waals surface area contributed by atoms with E-state index in [1.807, 2.05) is 148 Å². The largest absolute Gasteiger partial charge is 0.494 e. The van der Waals surface area contributed by atoms with Gasteiger partial charge in [-0.05, 0) is 178 Å². The molecule has 20 heteroatoms. The summed E-state index contributed by atoms with van der Waals surface area (Å²) in [7, 11) is 8.13. The van der Waals surface area contributed by atoms with Crippen molar-refractivity contribution >= 4 is 61.6 Å². The number of aromatic nitrogens is 11. The quantitative estimate of drug-likeness (QED) is 0.0207. The number of aryl methyl sites for hydroxylation is 1. The molecule has 0 bridgehead atoms. The molecule has 0 aliphatic carbocycles. The Morgan fingerprint density at radius 1 is 0.495 bits per heavy atom. The van der Waals surface area contributed by atoms with E-state index in [1.165, 1.54) is 0 Å². The van der Waals surface area contributed by atoms with Gasteiger partial charge in [0.1, 0.15) is 41.0 Å². The number of H-pyrrole nitrogens is 4. The number of hydrogen-bond acceptors (Lipinski definition) is 13. The first-order valence-electron chi connectivity index (χ1n) is 31.7. The molecule has 0 saturated carbocycles. The van der Waals surface area contributed by atoms with Crippen LogP contribution in [0, 0.1) is 0 Å². The number of hydrogen-bond donors (Lipinski definition) is 8. The van der Waals surface area contributed by atoms with Crippen molar-refractivity contribution in [2.45, 2.75) is 25.6 Å². The predicted molar refractivity (Wildman–Crippen MR) is 375 cm³/mol. The van der Waals surface area contributed by atoms with Gasteiger partial charge in [-0.3, -0.25) is 19.6 Å². The number of amides is 2. The summed E-state index contributed by atoms with van der Waals surface area (Å²) in [5, 5.41) is 28.6. The van der Waals surface area contributed by atoms with Gasteiger partial charge in [0.15, 0.2) is 0 Å². The fourth-order valence-electron chi connectivity index (χ4n) is 11.5. The number of carbonyl (C=O) groups is 2. The fourth-order valence-corrected chi connectivity index (χ4v) is 11.5. The lowest BCUT2D eigenvalue weighted by Gasteiger charge is -2.15. The van der Waals surface area contributed by atoms with Gasteiger partial charge >= 0.3 is 0 Å². The maximum Gasteiger partial charge on any atom is 0.255 e. The Bertz CT molecular complexity index is 5040. The minimum Gasteiger partial charge on any atom is -0.494 e. The van der Waals surface area contributed by atoms with Crippen LogP contribution in [0.3, 0.4) is 0 Å². The van der Waals surface area contributed by atoms with Gasteiger partial charge in [-0.2, -0.15) is 0 Å². The van der Waals surface area contributed by atoms with Crippen molar-refractivity contribution < 1.29 is 19.4 Å². The van der Waals surface area contributed by atoms with Crippen LogP contribution in [0.25, 0.3) is 123 Å². The van der Waals surface area contributed by atoms with Crippen LogP contribution in [0.1, 0.15) is 45.3 Å². The average Bonchev–Trinajstić information content (AvgIpc) is 1.67. The van der Waals surface area contributed by atoms with Gasteiger partial charge in [0, 0.05) is 77.4 Å². The number of fused-ring (bicyclic) bond motifs is 4. The van der Waals surface area contributed by atoms with Crippen LogP contribution < -0.4 is 20.7 Å². The molecule has 1 unspecified atom stereocenters. The number of anilines is 1. The van der Waals surface area contributed by atoms with Crippen LogP contribution >= 0.6 is 0 Å². The first-order valence-corrected chi connectivity index (χ1v) is 31.7. The van der Waals surface area contributed by atoms with Crippen molar-refractivity contribution in [2.75, 3.05) is 66.3 Å². The molecule has 20 nitrogen and oxygen atoms in total. The van der Waals surface area contributed by atoms with Crippen molar-refractivity contribution in [3.63, 3.8) is 0 Å². The van der Waals surface area contributed by atoms with E-state index in [-0.39, 0.29) is 11.8 Å². The zero-order valence-corrected chi connectivity index (χ0v) is 53.0. The molecule has 2 amide bonds. The Balaban J connectivity index is 0.538. The summed E-state index contributed by atoms with van der Waals surface area (Å²) < 4.78 is 7.67. The zero-order valence-electron chi connectivity index (χ0n) is 53.0. The Morgan fingerprint density at radius 3 is 1.43 bits per heavy atom. The number of carbonyl (C=O) groups excluding carboxylic acids is 2. The molecule has 0 radical (unpaired) electrons. The van der Waals surface area contributed by atoms with Gasteiger partial charge in [0.05, 0.1) is 56.9 Å². The molecule has 5 heterocycles. The van der Waals surface area contributed by atoms with Gasteiger partial charge in [0.2, 0.25) is 0 Å². The highest BCUT2D eigenvalue weighted by atomic mass is 16.5. The second kappa shape index (κ2) is 27.0. The number of ether oxygens (including phenoxy) is 1. The van der Waals surface area contributed by atoms with Crippen LogP contribution in [0.2, 0.25) is 0 Å². The van der Waals surface area contributed by atoms with Gasteiger partial charge in [-0.1, -0.05) is 90.1 Å². The standard InChI is InChI=1S/C75H70N16O4/c1-89(2)36-7-39-95-59-28-22-49(23-29-59)72-82-63-33-27-56(44-67(63)86-72)55-25-31-60-64(42-55)83-69(79-60)46-10-16-50(17-11-46)73(92)76-34-6-37-91-45-68(87-88-91)57-8-5-9-58(40-57)78-75(94)52-20-14-48(15-21-52)71-81-62-32-26-54(43-66(62)85-71)53-24-30-61-65(41-53)84-70(80-61)47-12-18-51(19-13-47)74(93)77-35-38-90(3)4/h5,8-33,40-45,74,77,93H,6-7,34-39H2,1-4H3,(H,76,92)(H,78,94)(H,79,83)(H,80,84)(H,81,85)(H,82,86). The Hall–Kier alpha value is -11.4. The fraction of sp³-hybridized carbons (Fsp3) is 0.173. The monoisotopic (exact) mass is 1260 g/mol. The number of benzene rings is 9. The van der Waals surface area contributed by atoms with E-state index in [0.29, 0.717) is 66.8 Å². The molecule has 9 aromatic carbocycles. The lowest BCUT2D eigenvalue weighted by molar-refractivity contribution is 0.0951. The third-order valence-corrected chi connectivity index (χ3v) is 16.8. The Kier molecular flexibility index (Phi) is 17.4. The molecule has 14 aromatic rings. The molecule has 0 spiro atoms. The summed E-state index contributed by atoms with van der Waals surface area (Å²) in [6, 6.07) is 62.9. The number of aliphatic hydroxyl groups excluding tert-OH is 1. The van der Waals surface area contributed by atoms with E-state index in [9.17, 15) is 14.7 Å². The third-order valence-electron chi connectivity index (χ3n) is 16.8. The van der Waals surface area contributed by atoms with Gasteiger partial charge in [-0.15, -0.1) is 5.10 Å². The summed E-state index contributed by atoms with van der Waals surface area (Å²) in [6.45, 7) is 4.14. The highest BCUT2D eigenvalue weighted by Crippen LogP contribution is 2.33. The molecule has 95 heavy (non-hydrogen) atoms. The Morgan fingerprint density at radius 2 is 0.947 bits per heavy atom. The summed E-state index contributed by atoms with van der Waals surface area (Å²) in [6.07, 6.45) is 2.71. The molecule has 0 saturated heterocycles. The molecule has 14 rings (SSSR count). The summed E-state index contributed by atoms with van der Waals surface area (Å²) in [5.74, 6) is 3.37. The maximum atomic E-state index is 13.6. The minimum absolute atomic E-state index is 0.171. The van der Waals surface area contributed by atoms with Crippen molar-refractivity contribution in [1.82, 2.24) is 75.3 Å². The topological polar surface area (TPSA) is 252 Å². The Labute approximate surface area is 547 Å². The molecular formula is C75H70N16O4. The van der Waals surface area contributed by atoms with Gasteiger partial charge in [0.25, 0.3) is 11.8 Å². The van der Waals surface area contributed by atoms with Crippen molar-refractivity contribution in [1.29, 1.82) is 0 Å². The van der Waals surface area contributed by atoms with Crippen LogP contribution in [-0.2, 0) is 6.54 Å². The molecular weight excluding hydrogens is 1190 g/mol. The first-order chi connectivity index (χ1) is 46.3. The summed E-state index contributed by atoms with van der Waals surface area (Å²) >= 11 is 0. The van der Waals surface area contributed by atoms with Crippen LogP contribution in [0.15, 0.2) is 200 Å². The lowest BCUT2D eigenvalue weighted by Crippen LogP contribution is -2.29. The van der Waals surface area contributed by atoms with Crippen LogP contribution in [0.5, 0.6) is 5.75 Å². The second-order valence-corrected chi connectivity index (χ2v) is 24.2.